The molecule has 4 N–H and O–H groups in total. The van der Waals surface area contributed by atoms with Crippen molar-refractivity contribution in [3.8, 4) is 49.4 Å². The molecule has 6 aromatic rings. The van der Waals surface area contributed by atoms with Crippen LogP contribution in [0, 0.1) is 61.2 Å². The smallest absolute Gasteiger partial charge is 0.251 e. The molecule has 2 heterocycles. The van der Waals surface area contributed by atoms with E-state index in [0.717, 1.165) is 44.5 Å². The van der Waals surface area contributed by atoms with Crippen LogP contribution >= 0.6 is 48.0 Å². The first kappa shape index (κ1) is 73.7. The third-order valence-electron chi connectivity index (χ3n) is 15.2. The van der Waals surface area contributed by atoms with Crippen molar-refractivity contribution in [2.45, 2.75) is 74.7 Å². The third-order valence-corrected chi connectivity index (χ3v) is 18.6. The number of benzene rings is 6. The lowest BCUT2D eigenvalue weighted by atomic mass is 9.75. The Morgan fingerprint density at radius 1 is 0.500 bits per heavy atom. The maximum absolute atomic E-state index is 14.2. The number of rotatable bonds is 24. The third kappa shape index (κ3) is 19.7. The van der Waals surface area contributed by atoms with Gasteiger partial charge in [-0.15, -0.1) is 37.5 Å². The van der Waals surface area contributed by atoms with Crippen LogP contribution in [0.25, 0.3) is 0 Å². The summed E-state index contributed by atoms with van der Waals surface area (Å²) in [7, 11) is 0. The fourth-order valence-corrected chi connectivity index (χ4v) is 14.0. The lowest BCUT2D eigenvalue weighted by Gasteiger charge is -2.29. The van der Waals surface area contributed by atoms with Crippen molar-refractivity contribution in [1.29, 1.82) is 0 Å². The summed E-state index contributed by atoms with van der Waals surface area (Å²) in [6, 6.07) is 50.9. The molecular weight excluding hydrogens is 1230 g/mol. The summed E-state index contributed by atoms with van der Waals surface area (Å²) in [6.07, 6.45) is 18.7. The summed E-state index contributed by atoms with van der Waals surface area (Å²) in [5, 5.41) is 21.7. The molecule has 8 unspecified atom stereocenters. The Morgan fingerprint density at radius 2 is 0.826 bits per heavy atom. The Kier molecular flexibility index (Phi) is 30.4. The summed E-state index contributed by atoms with van der Waals surface area (Å²) in [5.41, 5.74) is 5.35. The number of amides is 6. The Hall–Kier alpha value is -9.08. The van der Waals surface area contributed by atoms with E-state index in [1.54, 1.807) is 62.4 Å². The minimum atomic E-state index is -0.868. The Bertz CT molecular complexity index is 3710. The number of Topliss-reactive ketones (excluding diaryl/α,β-unsaturated/α-hetero) is 2. The molecule has 8 rings (SSSR count). The quantitative estimate of drug-likeness (QED) is 0.0253. The number of nitrogens with one attached hydrogen (secondary N) is 2. The highest BCUT2D eigenvalue weighted by Crippen LogP contribution is 2.47. The summed E-state index contributed by atoms with van der Waals surface area (Å²) < 4.78 is 0.964. The number of nitrogens with zero attached hydrogens (tertiary/aromatic N) is 2. The van der Waals surface area contributed by atoms with Crippen LogP contribution in [0.4, 0.5) is 0 Å². The number of terminal acetylenes is 3. The predicted octanol–water partition coefficient (Wildman–Crippen LogP) is 9.98. The summed E-state index contributed by atoms with van der Waals surface area (Å²) in [4.78, 5) is 109. The van der Waals surface area contributed by atoms with Gasteiger partial charge in [0.25, 0.3) is 11.8 Å². The second-order valence-corrected chi connectivity index (χ2v) is 24.6. The van der Waals surface area contributed by atoms with Gasteiger partial charge in [-0.05, 0) is 110 Å². The van der Waals surface area contributed by atoms with Gasteiger partial charge >= 0.3 is 0 Å². The van der Waals surface area contributed by atoms with Crippen molar-refractivity contribution in [2.75, 3.05) is 39.4 Å². The van der Waals surface area contributed by atoms with Crippen LogP contribution in [0.5, 0.6) is 0 Å². The van der Waals surface area contributed by atoms with Crippen molar-refractivity contribution in [3.05, 3.63) is 214 Å². The molecule has 6 aromatic carbocycles. The molecule has 0 bridgehead atoms. The average Bonchev–Trinajstić information content (AvgIpc) is 1.64. The molecule has 0 radical (unpaired) electrons. The average molecular weight is 1310 g/mol. The molecule has 2 fully saturated rings. The minimum Gasteiger partial charge on any atom is -0.395 e. The van der Waals surface area contributed by atoms with E-state index in [4.69, 9.17) is 41.1 Å². The molecule has 92 heavy (non-hydrogen) atoms. The zero-order valence-electron chi connectivity index (χ0n) is 51.4. The Labute approximate surface area is 558 Å². The van der Waals surface area contributed by atoms with Crippen LogP contribution in [-0.4, -0.2) is 125 Å². The number of imide groups is 2. The van der Waals surface area contributed by atoms with Gasteiger partial charge in [0.1, 0.15) is 22.1 Å². The molecule has 18 heteroatoms. The number of thiocarbonyl (C=S) groups is 2. The number of likely N-dealkylation sites (tertiary alicyclic amines) is 2. The highest BCUT2D eigenvalue weighted by Gasteiger charge is 2.54. The lowest BCUT2D eigenvalue weighted by molar-refractivity contribution is -0.140. The molecule has 6 amide bonds. The van der Waals surface area contributed by atoms with E-state index >= 15 is 0 Å². The van der Waals surface area contributed by atoms with Gasteiger partial charge in [0.2, 0.25) is 23.6 Å². The molecule has 8 atom stereocenters. The van der Waals surface area contributed by atoms with Gasteiger partial charge in [0.15, 0.2) is 0 Å². The van der Waals surface area contributed by atoms with Crippen molar-refractivity contribution in [1.82, 2.24) is 20.4 Å². The van der Waals surface area contributed by atoms with E-state index < -0.39 is 57.8 Å². The normalized spacial score (nSPS) is 16.7. The fraction of sp³-hybridized carbons (Fsp3) is 0.270. The van der Waals surface area contributed by atoms with E-state index in [1.807, 2.05) is 121 Å². The first-order chi connectivity index (χ1) is 44.4. The molecular formula is C74H72N4O10S4. The van der Waals surface area contributed by atoms with Gasteiger partial charge in [0.05, 0.1) is 46.5 Å². The number of hydrogen-bond acceptors (Lipinski definition) is 14. The highest BCUT2D eigenvalue weighted by atomic mass is 32.2. The van der Waals surface area contributed by atoms with Crippen molar-refractivity contribution in [2.24, 2.45) is 11.8 Å². The SMILES string of the molecule is C#C.C#CC.C#CCN1C(=O)C(SC(=S)c2ccccc2)C(C(CC(C(C)=O)c2ccccc2)c2ccc(C(=O)NCCO)cc2)C1=O.CC#CCN1C(=O)C(SC(=S)c2ccccc2)C(C(CC(C(C)=O)c2ccccc2)c2ccc(C(=O)NCCO)cc2)C1=O. The number of hydrogen-bond donors (Lipinski definition) is 4. The standard InChI is InChI=1S/C35H34N2O5S2.C34H32N2O5S2.C3H4.C2H2/c1-3-4-20-37-33(41)30(31(34(37)42)44-35(43)27-13-9-6-10-14-27)29(22-28(23(2)39)24-11-7-5-8-12-24)25-15-17-26(18-16-25)32(40)36-19-21-38;1-3-19-36-32(40)29(30(33(36)41)43-34(42)26-12-8-5-9-13-26)28(21-27(22(2)38)23-10-6-4-7-11-23)24-14-16-25(17-15-24)31(39)35-18-20-37;1-3-2;1-2/h5-18,28-31,38H,19-22H2,1-2H3,(H,36,40);1,4-17,27-30,37H,18-21H2,2H3,(H,35,39);1H,2H3;1-2H. The molecule has 0 saturated carbocycles. The molecule has 2 aliphatic heterocycles. The molecule has 2 aliphatic rings. The van der Waals surface area contributed by atoms with Gasteiger partial charge in [-0.25, -0.2) is 0 Å². The molecule has 14 nitrogen and oxygen atoms in total. The number of carbonyl (C=O) groups is 8. The van der Waals surface area contributed by atoms with E-state index in [2.05, 4.69) is 53.6 Å². The first-order valence-corrected chi connectivity index (χ1v) is 31.9. The van der Waals surface area contributed by atoms with Gasteiger partial charge < -0.3 is 20.8 Å². The molecule has 0 aromatic heterocycles. The van der Waals surface area contributed by atoms with Crippen LogP contribution in [0.1, 0.15) is 118 Å². The van der Waals surface area contributed by atoms with E-state index in [0.29, 0.717) is 25.1 Å². The minimum absolute atomic E-state index is 0.0364. The Morgan fingerprint density at radius 3 is 1.13 bits per heavy atom. The van der Waals surface area contributed by atoms with Crippen LogP contribution in [0.15, 0.2) is 170 Å². The lowest BCUT2D eigenvalue weighted by Crippen LogP contribution is -2.33. The van der Waals surface area contributed by atoms with Crippen LogP contribution in [0.3, 0.4) is 0 Å². The molecule has 0 spiro atoms. The fourth-order valence-electron chi connectivity index (χ4n) is 10.8. The number of aliphatic hydroxyl groups is 2. The van der Waals surface area contributed by atoms with Gasteiger partial charge in [-0.2, -0.15) is 0 Å². The van der Waals surface area contributed by atoms with Gasteiger partial charge in [-0.3, -0.25) is 48.2 Å². The van der Waals surface area contributed by atoms with Crippen molar-refractivity contribution in [3.63, 3.8) is 0 Å². The summed E-state index contributed by atoms with van der Waals surface area (Å²) in [5.74, 6) is 3.97. The topological polar surface area (TPSA) is 208 Å². The van der Waals surface area contributed by atoms with Gasteiger partial charge in [0, 0.05) is 36.1 Å². The zero-order chi connectivity index (χ0) is 67.3. The Balaban J connectivity index is 0.000000312. The van der Waals surface area contributed by atoms with Crippen LogP contribution in [-0.2, 0) is 28.8 Å². The highest BCUT2D eigenvalue weighted by molar-refractivity contribution is 8.25. The summed E-state index contributed by atoms with van der Waals surface area (Å²) >= 11 is 13.8. The maximum Gasteiger partial charge on any atom is 0.251 e. The molecule has 472 valence electrons. The molecule has 2 saturated heterocycles. The largest absolute Gasteiger partial charge is 0.395 e. The summed E-state index contributed by atoms with van der Waals surface area (Å²) in [6.45, 7) is 6.02. The second-order valence-electron chi connectivity index (χ2n) is 20.9. The van der Waals surface area contributed by atoms with Crippen LogP contribution in [0.2, 0.25) is 0 Å². The van der Waals surface area contributed by atoms with E-state index in [9.17, 15) is 38.4 Å². The number of ketones is 2. The van der Waals surface area contributed by atoms with E-state index in [1.165, 1.54) is 30.5 Å². The first-order valence-electron chi connectivity index (χ1n) is 29.3. The monoisotopic (exact) mass is 1300 g/mol. The molecule has 0 aliphatic carbocycles. The van der Waals surface area contributed by atoms with Crippen LogP contribution < -0.4 is 10.6 Å². The van der Waals surface area contributed by atoms with Gasteiger partial charge in [-0.1, -0.05) is 205 Å². The zero-order valence-corrected chi connectivity index (χ0v) is 54.7. The van der Waals surface area contributed by atoms with Crippen molar-refractivity contribution >= 4 is 103 Å². The number of carbonyl (C=O) groups excluding carboxylic acids is 8. The number of aliphatic hydroxyl groups excluding tert-OH is 2. The maximum atomic E-state index is 14.2. The van der Waals surface area contributed by atoms with E-state index in [-0.39, 0.29) is 87.4 Å². The second kappa shape index (κ2) is 37.9. The van der Waals surface area contributed by atoms with Crippen molar-refractivity contribution < 1.29 is 48.6 Å². The number of thioether (sulfide) groups is 2. The predicted molar refractivity (Wildman–Crippen MR) is 372 cm³/mol.